The van der Waals surface area contributed by atoms with Gasteiger partial charge in [0.15, 0.2) is 0 Å². The first-order valence-corrected chi connectivity index (χ1v) is 6.67. The number of nitrogens with two attached hydrogens (primary N) is 1. The highest BCUT2D eigenvalue weighted by Crippen LogP contribution is 2.26. The number of aryl methyl sites for hydroxylation is 1. The summed E-state index contributed by atoms with van der Waals surface area (Å²) < 4.78 is 0. The summed E-state index contributed by atoms with van der Waals surface area (Å²) in [7, 11) is 0. The zero-order valence-corrected chi connectivity index (χ0v) is 11.2. The van der Waals surface area contributed by atoms with Crippen molar-refractivity contribution in [1.29, 1.82) is 0 Å². The van der Waals surface area contributed by atoms with E-state index in [1.165, 1.54) is 30.5 Å². The average molecular weight is 232 g/mol. The van der Waals surface area contributed by atoms with Gasteiger partial charge in [-0.05, 0) is 45.7 Å². The summed E-state index contributed by atoms with van der Waals surface area (Å²) in [5, 5.41) is 0. The molecule has 0 aromatic heterocycles. The van der Waals surface area contributed by atoms with E-state index in [0.29, 0.717) is 12.1 Å². The zero-order chi connectivity index (χ0) is 12.4. The first-order chi connectivity index (χ1) is 8.09. The number of hydrogen-bond acceptors (Lipinski definition) is 2. The monoisotopic (exact) mass is 232 g/mol. The Bertz CT molecular complexity index is 358. The summed E-state index contributed by atoms with van der Waals surface area (Å²) in [6.07, 6.45) is 2.62. The lowest BCUT2D eigenvalue weighted by Gasteiger charge is -2.33. The van der Waals surface area contributed by atoms with Crippen LogP contribution in [0.2, 0.25) is 0 Å². The van der Waals surface area contributed by atoms with Crippen LogP contribution in [-0.2, 0) is 0 Å². The Morgan fingerprint density at radius 1 is 1.29 bits per heavy atom. The summed E-state index contributed by atoms with van der Waals surface area (Å²) in [5.74, 6) is 0. The van der Waals surface area contributed by atoms with Gasteiger partial charge in [0, 0.05) is 18.1 Å². The molecule has 0 radical (unpaired) electrons. The molecule has 0 amide bonds. The molecule has 17 heavy (non-hydrogen) atoms. The van der Waals surface area contributed by atoms with Gasteiger partial charge < -0.3 is 5.73 Å². The third-order valence-corrected chi connectivity index (χ3v) is 4.11. The highest BCUT2D eigenvalue weighted by molar-refractivity contribution is 5.25. The second-order valence-corrected chi connectivity index (χ2v) is 5.41. The Kier molecular flexibility index (Phi) is 3.85. The quantitative estimate of drug-likeness (QED) is 0.868. The van der Waals surface area contributed by atoms with Crippen molar-refractivity contribution in [2.45, 2.75) is 51.7 Å². The smallest absolute Gasteiger partial charge is 0.0450 e. The van der Waals surface area contributed by atoms with E-state index in [-0.39, 0.29) is 6.04 Å². The molecule has 2 nitrogen and oxygen atoms in total. The van der Waals surface area contributed by atoms with Crippen LogP contribution in [0.25, 0.3) is 0 Å². The van der Waals surface area contributed by atoms with E-state index < -0.39 is 0 Å². The van der Waals surface area contributed by atoms with Gasteiger partial charge in [0.05, 0.1) is 0 Å². The van der Waals surface area contributed by atoms with Crippen molar-refractivity contribution in [2.75, 3.05) is 6.54 Å². The van der Waals surface area contributed by atoms with Crippen LogP contribution in [0.15, 0.2) is 24.3 Å². The third kappa shape index (κ3) is 2.70. The van der Waals surface area contributed by atoms with E-state index in [4.69, 9.17) is 5.73 Å². The highest BCUT2D eigenvalue weighted by Gasteiger charge is 2.28. The second-order valence-electron chi connectivity index (χ2n) is 5.41. The fourth-order valence-electron chi connectivity index (χ4n) is 2.83. The number of rotatable bonds is 3. The molecule has 1 aliphatic rings. The maximum absolute atomic E-state index is 6.39. The van der Waals surface area contributed by atoms with Gasteiger partial charge >= 0.3 is 0 Å². The second kappa shape index (κ2) is 5.19. The predicted molar refractivity (Wildman–Crippen MR) is 73.0 cm³/mol. The van der Waals surface area contributed by atoms with Gasteiger partial charge in [0.1, 0.15) is 0 Å². The van der Waals surface area contributed by atoms with Crippen LogP contribution in [0, 0.1) is 6.92 Å². The van der Waals surface area contributed by atoms with Crippen molar-refractivity contribution in [3.63, 3.8) is 0 Å². The molecule has 0 aliphatic carbocycles. The molecule has 2 N–H and O–H groups in total. The molecule has 2 rings (SSSR count). The largest absolute Gasteiger partial charge is 0.323 e. The Labute approximate surface area is 105 Å². The fraction of sp³-hybridized carbons (Fsp3) is 0.600. The van der Waals surface area contributed by atoms with E-state index in [0.717, 1.165) is 0 Å². The Morgan fingerprint density at radius 2 is 1.94 bits per heavy atom. The SMILES string of the molecule is Cc1ccc(C(N)C(C)N2CCCC2C)cc1. The van der Waals surface area contributed by atoms with Gasteiger partial charge in [0.25, 0.3) is 0 Å². The van der Waals surface area contributed by atoms with Crippen molar-refractivity contribution in [1.82, 2.24) is 4.90 Å². The molecule has 94 valence electrons. The van der Waals surface area contributed by atoms with Gasteiger partial charge in [0.2, 0.25) is 0 Å². The van der Waals surface area contributed by atoms with Crippen molar-refractivity contribution < 1.29 is 0 Å². The Balaban J connectivity index is 2.08. The summed E-state index contributed by atoms with van der Waals surface area (Å²) in [4.78, 5) is 2.55. The van der Waals surface area contributed by atoms with Crippen LogP contribution < -0.4 is 5.73 Å². The molecule has 0 bridgehead atoms. The summed E-state index contributed by atoms with van der Waals surface area (Å²) >= 11 is 0. The average Bonchev–Trinajstić information content (AvgIpc) is 2.74. The minimum absolute atomic E-state index is 0.121. The van der Waals surface area contributed by atoms with Gasteiger partial charge in [-0.15, -0.1) is 0 Å². The number of benzene rings is 1. The van der Waals surface area contributed by atoms with Crippen LogP contribution in [-0.4, -0.2) is 23.5 Å². The zero-order valence-electron chi connectivity index (χ0n) is 11.2. The molecule has 3 unspecified atom stereocenters. The van der Waals surface area contributed by atoms with Crippen LogP contribution in [0.3, 0.4) is 0 Å². The summed E-state index contributed by atoms with van der Waals surface area (Å²) in [6, 6.07) is 9.85. The third-order valence-electron chi connectivity index (χ3n) is 4.11. The van der Waals surface area contributed by atoms with E-state index >= 15 is 0 Å². The van der Waals surface area contributed by atoms with Crippen molar-refractivity contribution in [2.24, 2.45) is 5.73 Å². The Hall–Kier alpha value is -0.860. The lowest BCUT2D eigenvalue weighted by Crippen LogP contribution is -2.42. The number of likely N-dealkylation sites (tertiary alicyclic amines) is 1. The van der Waals surface area contributed by atoms with E-state index in [2.05, 4.69) is 49.9 Å². The van der Waals surface area contributed by atoms with Crippen LogP contribution >= 0.6 is 0 Å². The number of hydrogen-bond donors (Lipinski definition) is 1. The topological polar surface area (TPSA) is 29.3 Å². The first-order valence-electron chi connectivity index (χ1n) is 6.67. The van der Waals surface area contributed by atoms with E-state index in [9.17, 15) is 0 Å². The van der Waals surface area contributed by atoms with Crippen LogP contribution in [0.5, 0.6) is 0 Å². The normalized spacial score (nSPS) is 24.8. The molecule has 1 fully saturated rings. The Morgan fingerprint density at radius 3 is 2.47 bits per heavy atom. The molecule has 1 aromatic rings. The molecule has 1 heterocycles. The van der Waals surface area contributed by atoms with Gasteiger partial charge in [-0.25, -0.2) is 0 Å². The molecule has 2 heteroatoms. The summed E-state index contributed by atoms with van der Waals surface area (Å²) in [5.41, 5.74) is 8.94. The van der Waals surface area contributed by atoms with Crippen LogP contribution in [0.4, 0.5) is 0 Å². The van der Waals surface area contributed by atoms with Gasteiger partial charge in [-0.3, -0.25) is 4.90 Å². The maximum atomic E-state index is 6.39. The molecule has 0 spiro atoms. The summed E-state index contributed by atoms with van der Waals surface area (Å²) in [6.45, 7) is 7.88. The molecule has 1 aliphatic heterocycles. The fourth-order valence-corrected chi connectivity index (χ4v) is 2.83. The van der Waals surface area contributed by atoms with E-state index in [1.54, 1.807) is 0 Å². The molecule has 1 aromatic carbocycles. The van der Waals surface area contributed by atoms with Crippen LogP contribution in [0.1, 0.15) is 43.9 Å². The highest BCUT2D eigenvalue weighted by atomic mass is 15.2. The molecule has 0 saturated carbocycles. The lowest BCUT2D eigenvalue weighted by atomic mass is 9.99. The van der Waals surface area contributed by atoms with Gasteiger partial charge in [-0.1, -0.05) is 29.8 Å². The first kappa shape index (κ1) is 12.6. The standard InChI is InChI=1S/C15H24N2/c1-11-6-8-14(9-7-11)15(16)13(3)17-10-4-5-12(17)2/h6-9,12-13,15H,4-5,10,16H2,1-3H3. The van der Waals surface area contributed by atoms with Gasteiger partial charge in [-0.2, -0.15) is 0 Å². The van der Waals surface area contributed by atoms with Crippen molar-refractivity contribution in [3.8, 4) is 0 Å². The maximum Gasteiger partial charge on any atom is 0.0450 e. The van der Waals surface area contributed by atoms with E-state index in [1.807, 2.05) is 0 Å². The molecular weight excluding hydrogens is 208 g/mol. The predicted octanol–water partition coefficient (Wildman–Crippen LogP) is 2.87. The van der Waals surface area contributed by atoms with Crippen molar-refractivity contribution >= 4 is 0 Å². The number of nitrogens with zero attached hydrogens (tertiary/aromatic N) is 1. The lowest BCUT2D eigenvalue weighted by molar-refractivity contribution is 0.178. The molecule has 1 saturated heterocycles. The molecular formula is C15H24N2. The minimum Gasteiger partial charge on any atom is -0.323 e. The minimum atomic E-state index is 0.121. The molecule has 3 atom stereocenters. The van der Waals surface area contributed by atoms with Crippen molar-refractivity contribution in [3.05, 3.63) is 35.4 Å².